The Morgan fingerprint density at radius 1 is 1.07 bits per heavy atom. The average Bonchev–Trinajstić information content (AvgIpc) is 2.60. The number of benzene rings is 2. The van der Waals surface area contributed by atoms with E-state index in [0.29, 0.717) is 17.0 Å². The molecule has 0 aliphatic carbocycles. The van der Waals surface area contributed by atoms with E-state index in [4.69, 9.17) is 4.74 Å². The second-order valence-corrected chi connectivity index (χ2v) is 7.91. The molecule has 0 radical (unpaired) electrons. The predicted molar refractivity (Wildman–Crippen MR) is 102 cm³/mol. The molecule has 0 saturated heterocycles. The second kappa shape index (κ2) is 8.79. The Morgan fingerprint density at radius 3 is 2.33 bits per heavy atom. The summed E-state index contributed by atoms with van der Waals surface area (Å²) in [5.41, 5.74) is 0.874. The Morgan fingerprint density at radius 2 is 1.74 bits per heavy atom. The minimum absolute atomic E-state index is 0.0178. The number of carbonyl (C=O) groups is 2. The second-order valence-electron chi connectivity index (χ2n) is 6.15. The smallest absolute Gasteiger partial charge is 0.241 e. The van der Waals surface area contributed by atoms with Crippen LogP contribution in [0.5, 0.6) is 5.75 Å². The fourth-order valence-electron chi connectivity index (χ4n) is 2.23. The summed E-state index contributed by atoms with van der Waals surface area (Å²) >= 11 is 0. The maximum absolute atomic E-state index is 12.3. The molecule has 0 bridgehead atoms. The third-order valence-corrected chi connectivity index (χ3v) is 4.90. The van der Waals surface area contributed by atoms with Crippen LogP contribution < -0.4 is 14.8 Å². The van der Waals surface area contributed by atoms with E-state index in [9.17, 15) is 18.0 Å². The molecule has 0 atom stereocenters. The minimum atomic E-state index is -3.83. The zero-order valence-corrected chi connectivity index (χ0v) is 16.2. The van der Waals surface area contributed by atoms with E-state index >= 15 is 0 Å². The number of amides is 1. The highest BCUT2D eigenvalue weighted by molar-refractivity contribution is 7.89. The van der Waals surface area contributed by atoms with Gasteiger partial charge in [0, 0.05) is 11.3 Å². The fourth-order valence-corrected chi connectivity index (χ4v) is 3.22. The Hall–Kier alpha value is -2.71. The number of hydrogen-bond donors (Lipinski definition) is 2. The molecule has 7 nitrogen and oxygen atoms in total. The molecule has 0 aliphatic heterocycles. The summed E-state index contributed by atoms with van der Waals surface area (Å²) in [7, 11) is -3.83. The highest BCUT2D eigenvalue weighted by Gasteiger charge is 2.16. The molecule has 27 heavy (non-hydrogen) atoms. The van der Waals surface area contributed by atoms with Crippen molar-refractivity contribution in [2.75, 3.05) is 11.9 Å². The molecule has 2 aromatic rings. The van der Waals surface area contributed by atoms with Crippen molar-refractivity contribution < 1.29 is 22.7 Å². The van der Waals surface area contributed by atoms with E-state index in [0.717, 1.165) is 0 Å². The first-order chi connectivity index (χ1) is 12.7. The molecule has 2 aromatic carbocycles. The number of rotatable bonds is 8. The van der Waals surface area contributed by atoms with Crippen LogP contribution in [0.4, 0.5) is 5.69 Å². The molecule has 144 valence electrons. The van der Waals surface area contributed by atoms with Crippen LogP contribution in [0.15, 0.2) is 53.4 Å². The molecular weight excluding hydrogens is 368 g/mol. The Labute approximate surface area is 158 Å². The van der Waals surface area contributed by atoms with Crippen LogP contribution in [0.25, 0.3) is 0 Å². The van der Waals surface area contributed by atoms with Gasteiger partial charge in [-0.2, -0.15) is 0 Å². The molecule has 0 heterocycles. The highest BCUT2D eigenvalue weighted by atomic mass is 32.2. The predicted octanol–water partition coefficient (Wildman–Crippen LogP) is 2.59. The zero-order valence-electron chi connectivity index (χ0n) is 15.4. The van der Waals surface area contributed by atoms with Crippen LogP contribution in [0.2, 0.25) is 0 Å². The van der Waals surface area contributed by atoms with Gasteiger partial charge in [-0.25, -0.2) is 13.1 Å². The molecule has 0 aliphatic rings. The summed E-state index contributed by atoms with van der Waals surface area (Å²) in [5.74, 6) is -0.109. The molecule has 0 spiro atoms. The zero-order chi connectivity index (χ0) is 20.0. The molecule has 0 aromatic heterocycles. The summed E-state index contributed by atoms with van der Waals surface area (Å²) in [6.45, 7) is 4.73. The molecule has 2 rings (SSSR count). The van der Waals surface area contributed by atoms with Gasteiger partial charge in [-0.05, 0) is 57.2 Å². The first kappa shape index (κ1) is 20.6. The summed E-state index contributed by atoms with van der Waals surface area (Å²) in [4.78, 5) is 23.4. The van der Waals surface area contributed by atoms with Crippen molar-refractivity contribution in [3.05, 3.63) is 54.1 Å². The summed E-state index contributed by atoms with van der Waals surface area (Å²) in [6.07, 6.45) is -0.0178. The lowest BCUT2D eigenvalue weighted by Crippen LogP contribution is -2.32. The molecule has 2 N–H and O–H groups in total. The van der Waals surface area contributed by atoms with E-state index in [1.54, 1.807) is 30.3 Å². The lowest BCUT2D eigenvalue weighted by molar-refractivity contribution is -0.115. The summed E-state index contributed by atoms with van der Waals surface area (Å²) in [6, 6.07) is 12.4. The molecule has 8 heteroatoms. The van der Waals surface area contributed by atoms with Gasteiger partial charge in [0.05, 0.1) is 17.5 Å². The van der Waals surface area contributed by atoms with Gasteiger partial charge < -0.3 is 10.1 Å². The Kier molecular flexibility index (Phi) is 6.70. The van der Waals surface area contributed by atoms with Gasteiger partial charge in [-0.1, -0.05) is 12.1 Å². The number of carbonyl (C=O) groups excluding carboxylic acids is 2. The standard InChI is InChI=1S/C19H22N2O5S/c1-13(2)26-17-7-9-18(10-8-17)27(24,25)20-12-19(23)21-16-6-4-5-15(11-16)14(3)22/h4-11,13,20H,12H2,1-3H3,(H,21,23). The number of ether oxygens (including phenoxy) is 1. The van der Waals surface area contributed by atoms with E-state index in [1.165, 1.54) is 25.1 Å². The number of Topliss-reactive ketones (excluding diaryl/α,β-unsaturated/α-hetero) is 1. The average molecular weight is 390 g/mol. The first-order valence-electron chi connectivity index (χ1n) is 8.34. The first-order valence-corrected chi connectivity index (χ1v) is 9.83. The van der Waals surface area contributed by atoms with Crippen LogP contribution in [0.3, 0.4) is 0 Å². The van der Waals surface area contributed by atoms with Crippen molar-refractivity contribution in [3.8, 4) is 5.75 Å². The molecule has 1 amide bonds. The quantitative estimate of drug-likeness (QED) is 0.675. The summed E-state index contributed by atoms with van der Waals surface area (Å²) < 4.78 is 32.3. The summed E-state index contributed by atoms with van der Waals surface area (Å²) in [5, 5.41) is 2.55. The minimum Gasteiger partial charge on any atom is -0.491 e. The van der Waals surface area contributed by atoms with Crippen molar-refractivity contribution in [2.45, 2.75) is 31.8 Å². The highest BCUT2D eigenvalue weighted by Crippen LogP contribution is 2.17. The molecular formula is C19H22N2O5S. The van der Waals surface area contributed by atoms with Crippen LogP contribution in [-0.2, 0) is 14.8 Å². The van der Waals surface area contributed by atoms with Crippen LogP contribution in [0, 0.1) is 0 Å². The van der Waals surface area contributed by atoms with Crippen LogP contribution in [-0.4, -0.2) is 32.8 Å². The molecule has 0 unspecified atom stereocenters. The Balaban J connectivity index is 1.97. The van der Waals surface area contributed by atoms with Crippen LogP contribution in [0.1, 0.15) is 31.1 Å². The van der Waals surface area contributed by atoms with Crippen molar-refractivity contribution >= 4 is 27.4 Å². The van der Waals surface area contributed by atoms with Crippen molar-refractivity contribution in [3.63, 3.8) is 0 Å². The number of anilines is 1. The number of ketones is 1. The van der Waals surface area contributed by atoms with Gasteiger partial charge in [-0.3, -0.25) is 9.59 Å². The third kappa shape index (κ3) is 6.19. The monoisotopic (exact) mass is 390 g/mol. The molecule has 0 saturated carbocycles. The topological polar surface area (TPSA) is 102 Å². The van der Waals surface area contributed by atoms with Crippen molar-refractivity contribution in [1.82, 2.24) is 4.72 Å². The van der Waals surface area contributed by atoms with E-state index in [2.05, 4.69) is 10.0 Å². The van der Waals surface area contributed by atoms with Gasteiger partial charge in [0.25, 0.3) is 0 Å². The number of nitrogens with one attached hydrogen (secondary N) is 2. The van der Waals surface area contributed by atoms with Gasteiger partial charge in [0.15, 0.2) is 5.78 Å². The van der Waals surface area contributed by atoms with Gasteiger partial charge in [-0.15, -0.1) is 0 Å². The number of hydrogen-bond acceptors (Lipinski definition) is 5. The lowest BCUT2D eigenvalue weighted by Gasteiger charge is -2.11. The van der Waals surface area contributed by atoms with Gasteiger partial charge in [0.2, 0.25) is 15.9 Å². The van der Waals surface area contributed by atoms with Gasteiger partial charge in [0.1, 0.15) is 5.75 Å². The van der Waals surface area contributed by atoms with E-state index in [1.807, 2.05) is 13.8 Å². The maximum Gasteiger partial charge on any atom is 0.241 e. The third-order valence-electron chi connectivity index (χ3n) is 3.48. The van der Waals surface area contributed by atoms with E-state index in [-0.39, 0.29) is 16.8 Å². The largest absolute Gasteiger partial charge is 0.491 e. The molecule has 0 fully saturated rings. The lowest BCUT2D eigenvalue weighted by atomic mass is 10.1. The van der Waals surface area contributed by atoms with E-state index < -0.39 is 22.5 Å². The maximum atomic E-state index is 12.3. The SMILES string of the molecule is CC(=O)c1cccc(NC(=O)CNS(=O)(=O)c2ccc(OC(C)C)cc2)c1. The number of sulfonamides is 1. The fraction of sp³-hybridized carbons (Fsp3) is 0.263. The van der Waals surface area contributed by atoms with Crippen molar-refractivity contribution in [1.29, 1.82) is 0 Å². The van der Waals surface area contributed by atoms with Gasteiger partial charge >= 0.3 is 0 Å². The normalized spacial score (nSPS) is 11.3. The Bertz CT molecular complexity index is 921. The van der Waals surface area contributed by atoms with Crippen LogP contribution >= 0.6 is 0 Å². The van der Waals surface area contributed by atoms with Crippen molar-refractivity contribution in [2.24, 2.45) is 0 Å².